The Balaban J connectivity index is 3.73. The first kappa shape index (κ1) is 89.1. The number of nitrogens with two attached hydrogens (primary N) is 8. The third-order valence-electron chi connectivity index (χ3n) is 17.0. The Kier molecular flexibility index (Phi) is 46.6. The van der Waals surface area contributed by atoms with Gasteiger partial charge in [-0.3, -0.25) is 52.7 Å². The number of unbranched alkanes of at least 4 members (excludes halogenated alkanes) is 6. The number of amides is 11. The second kappa shape index (κ2) is 51.3. The highest BCUT2D eigenvalue weighted by atomic mass is 16.2. The van der Waals surface area contributed by atoms with E-state index in [-0.39, 0.29) is 88.6 Å². The van der Waals surface area contributed by atoms with Crippen molar-refractivity contribution in [3.05, 3.63) is 35.9 Å². The Morgan fingerprint density at radius 3 is 0.918 bits per heavy atom. The molecule has 560 valence electrons. The Hall–Kier alpha value is -6.89. The quantitative estimate of drug-likeness (QED) is 0.0377. The predicted octanol–water partition coefficient (Wildman–Crippen LogP) is -0.152. The summed E-state index contributed by atoms with van der Waals surface area (Å²) >= 11 is 0. The number of benzene rings is 1. The average molecular weight is 1390 g/mol. The molecule has 0 radical (unpaired) electrons. The second-order valence-corrected chi connectivity index (χ2v) is 27.2. The summed E-state index contributed by atoms with van der Waals surface area (Å²) in [6.07, 6.45) is 7.73. The number of rotatable bonds is 55. The third-order valence-corrected chi connectivity index (χ3v) is 17.0. The number of nitrogens with one attached hydrogen (secondary N) is 10. The lowest BCUT2D eigenvalue weighted by Gasteiger charge is -2.30. The van der Waals surface area contributed by atoms with Crippen molar-refractivity contribution in [1.29, 1.82) is 0 Å². The molecule has 11 amide bonds. The van der Waals surface area contributed by atoms with E-state index in [9.17, 15) is 52.7 Å². The highest BCUT2D eigenvalue weighted by molar-refractivity contribution is 5.99. The minimum atomic E-state index is -1.31. The summed E-state index contributed by atoms with van der Waals surface area (Å²) < 4.78 is 0. The molecular formula is C69H128N18O11. The molecule has 0 bridgehead atoms. The molecule has 0 aromatic heterocycles. The van der Waals surface area contributed by atoms with Gasteiger partial charge in [0.25, 0.3) is 0 Å². The van der Waals surface area contributed by atoms with Crippen LogP contribution in [0.25, 0.3) is 0 Å². The van der Waals surface area contributed by atoms with Crippen molar-refractivity contribution < 1.29 is 52.7 Å². The monoisotopic (exact) mass is 1390 g/mol. The van der Waals surface area contributed by atoms with Crippen molar-refractivity contribution >= 4 is 65.0 Å². The van der Waals surface area contributed by atoms with Gasteiger partial charge in [0.05, 0.1) is 6.04 Å². The first-order valence-corrected chi connectivity index (χ1v) is 35.9. The standard InChI is InChI=1S/C69H128N18O11/c1-9-46(8)58(69(98)86-56(41-45(6)7)66(95)81-50(29-15-21-35-72)61(90)79-52(31-17-23-37-74)63(92)83-54(59(77)88)39-43(2)3)87-65(94)53(32-18-24-38-75)80-62(91)51(30-16-22-36-73)82-68(97)57(42-47-25-11-10-12-26-47)85-67(96)55(40-44(4)5)84-64(93)49(28-14-20-34-71)78-60(89)48(76)27-13-19-33-70/h10-12,25-26,43-46,48-58H,9,13-24,27-42,70-76H2,1-8H3,(H2,77,88)(H,78,89)(H,79,90)(H,80,91)(H,81,95)(H,82,97)(H,83,92)(H,84,93)(H,85,96)(H,86,98)(H,87,94). The number of carbonyl (C=O) groups excluding carboxylic acids is 11. The van der Waals surface area contributed by atoms with Crippen molar-refractivity contribution in [3.63, 3.8) is 0 Å². The number of hydrogen-bond donors (Lipinski definition) is 18. The van der Waals surface area contributed by atoms with Crippen molar-refractivity contribution in [2.24, 2.45) is 69.5 Å². The SMILES string of the molecule is CCC(C)C(NC(=O)C(CCCCN)NC(=O)C(CCCCN)NC(=O)C(Cc1ccccc1)NC(=O)C(CC(C)C)NC(=O)C(CCCCN)NC(=O)C(N)CCCCN)C(=O)NC(CC(C)C)C(=O)NC(CCCCN)C(=O)NC(CCCCN)C(=O)NC(CC(C)C)C(N)=O. The molecule has 98 heavy (non-hydrogen) atoms. The summed E-state index contributed by atoms with van der Waals surface area (Å²) in [5, 5.41) is 28.1. The zero-order valence-electron chi connectivity index (χ0n) is 60.2. The Morgan fingerprint density at radius 1 is 0.327 bits per heavy atom. The van der Waals surface area contributed by atoms with Crippen molar-refractivity contribution in [2.45, 2.75) is 270 Å². The highest BCUT2D eigenvalue weighted by Crippen LogP contribution is 2.17. The van der Waals surface area contributed by atoms with Crippen LogP contribution in [0.3, 0.4) is 0 Å². The first-order valence-electron chi connectivity index (χ1n) is 35.9. The smallest absolute Gasteiger partial charge is 0.243 e. The largest absolute Gasteiger partial charge is 0.368 e. The van der Waals surface area contributed by atoms with Crippen LogP contribution in [0.15, 0.2) is 30.3 Å². The maximum atomic E-state index is 14.8. The van der Waals surface area contributed by atoms with Crippen LogP contribution in [-0.2, 0) is 59.2 Å². The van der Waals surface area contributed by atoms with Crippen LogP contribution in [0.4, 0.5) is 0 Å². The van der Waals surface area contributed by atoms with Gasteiger partial charge >= 0.3 is 0 Å². The molecule has 0 heterocycles. The zero-order valence-corrected chi connectivity index (χ0v) is 60.2. The van der Waals surface area contributed by atoms with E-state index >= 15 is 0 Å². The molecule has 1 aromatic rings. The topological polar surface area (TPSA) is 516 Å². The lowest BCUT2D eigenvalue weighted by Crippen LogP contribution is -2.61. The van der Waals surface area contributed by atoms with Crippen LogP contribution in [0, 0.1) is 23.7 Å². The lowest BCUT2D eigenvalue weighted by molar-refractivity contribution is -0.137. The minimum Gasteiger partial charge on any atom is -0.368 e. The van der Waals surface area contributed by atoms with Crippen molar-refractivity contribution in [3.8, 4) is 0 Å². The molecule has 12 unspecified atom stereocenters. The molecule has 29 heteroatoms. The van der Waals surface area contributed by atoms with E-state index in [2.05, 4.69) is 53.2 Å². The molecule has 0 spiro atoms. The Labute approximate surface area is 582 Å². The van der Waals surface area contributed by atoms with Gasteiger partial charge < -0.3 is 99.0 Å². The zero-order chi connectivity index (χ0) is 73.7. The van der Waals surface area contributed by atoms with E-state index in [1.165, 1.54) is 0 Å². The molecule has 29 nitrogen and oxygen atoms in total. The number of carbonyl (C=O) groups is 11. The molecule has 0 aliphatic heterocycles. The summed E-state index contributed by atoms with van der Waals surface area (Å²) in [6, 6.07) is -3.96. The predicted molar refractivity (Wildman–Crippen MR) is 382 cm³/mol. The van der Waals surface area contributed by atoms with E-state index in [1.54, 1.807) is 37.3 Å². The fourth-order valence-electron chi connectivity index (χ4n) is 11.0. The fourth-order valence-corrected chi connectivity index (χ4v) is 11.0. The third kappa shape index (κ3) is 36.8. The van der Waals surface area contributed by atoms with E-state index in [0.29, 0.717) is 122 Å². The number of primary amides is 1. The van der Waals surface area contributed by atoms with Crippen molar-refractivity contribution in [1.82, 2.24) is 53.2 Å². The van der Waals surface area contributed by atoms with Gasteiger partial charge in [-0.1, -0.05) is 98.6 Å². The molecule has 0 saturated carbocycles. The fraction of sp³-hybridized carbons (Fsp3) is 0.754. The van der Waals surface area contributed by atoms with Gasteiger partial charge in [0, 0.05) is 6.42 Å². The maximum absolute atomic E-state index is 14.8. The van der Waals surface area contributed by atoms with Gasteiger partial charge in [0.2, 0.25) is 65.0 Å². The van der Waals surface area contributed by atoms with Crippen LogP contribution in [0.5, 0.6) is 0 Å². The molecule has 12 atom stereocenters. The van der Waals surface area contributed by atoms with Gasteiger partial charge in [0.15, 0.2) is 0 Å². The van der Waals surface area contributed by atoms with Gasteiger partial charge in [-0.05, 0) is 197 Å². The van der Waals surface area contributed by atoms with Crippen LogP contribution in [0.2, 0.25) is 0 Å². The van der Waals surface area contributed by atoms with E-state index in [0.717, 1.165) is 0 Å². The van der Waals surface area contributed by atoms with Crippen LogP contribution < -0.4 is 99.0 Å². The lowest BCUT2D eigenvalue weighted by atomic mass is 9.95. The van der Waals surface area contributed by atoms with E-state index in [4.69, 9.17) is 45.9 Å². The molecule has 26 N–H and O–H groups in total. The van der Waals surface area contributed by atoms with Gasteiger partial charge in [-0.15, -0.1) is 0 Å². The van der Waals surface area contributed by atoms with Gasteiger partial charge in [0.1, 0.15) is 60.4 Å². The van der Waals surface area contributed by atoms with Gasteiger partial charge in [-0.25, -0.2) is 0 Å². The summed E-state index contributed by atoms with van der Waals surface area (Å²) in [7, 11) is 0. The molecule has 0 fully saturated rings. The molecule has 0 aliphatic carbocycles. The minimum absolute atomic E-state index is 0.00743. The van der Waals surface area contributed by atoms with E-state index in [1.807, 2.05) is 48.5 Å². The Bertz CT molecular complexity index is 2530. The second-order valence-electron chi connectivity index (χ2n) is 27.2. The van der Waals surface area contributed by atoms with Crippen LogP contribution in [0.1, 0.15) is 202 Å². The normalized spacial score (nSPS) is 15.1. The molecule has 0 saturated heterocycles. The van der Waals surface area contributed by atoms with Crippen LogP contribution >= 0.6 is 0 Å². The van der Waals surface area contributed by atoms with Crippen molar-refractivity contribution in [2.75, 3.05) is 39.3 Å². The Morgan fingerprint density at radius 2 is 0.592 bits per heavy atom. The average Bonchev–Trinajstić information content (AvgIpc) is 0.859. The maximum Gasteiger partial charge on any atom is 0.243 e. The molecular weight excluding hydrogens is 1260 g/mol. The summed E-state index contributed by atoms with van der Waals surface area (Å²) in [6.45, 7) is 16.7. The highest BCUT2D eigenvalue weighted by Gasteiger charge is 2.38. The summed E-state index contributed by atoms with van der Waals surface area (Å²) in [5.41, 5.74) is 47.4. The molecule has 0 aliphatic rings. The van der Waals surface area contributed by atoms with Gasteiger partial charge in [-0.2, -0.15) is 0 Å². The summed E-state index contributed by atoms with van der Waals surface area (Å²) in [5.74, 6) is -8.39. The number of hydrogen-bond acceptors (Lipinski definition) is 18. The molecule has 1 rings (SSSR count). The molecule has 1 aromatic carbocycles. The first-order chi connectivity index (χ1) is 46.6. The van der Waals surface area contributed by atoms with E-state index < -0.39 is 137 Å². The van der Waals surface area contributed by atoms with Crippen LogP contribution in [-0.4, -0.2) is 171 Å². The summed E-state index contributed by atoms with van der Waals surface area (Å²) in [4.78, 5) is 156.